The van der Waals surface area contributed by atoms with Gasteiger partial charge in [-0.1, -0.05) is 0 Å². The quantitative estimate of drug-likeness (QED) is 0.804. The zero-order valence-corrected chi connectivity index (χ0v) is 12.0. The third-order valence-corrected chi connectivity index (χ3v) is 3.33. The van der Waals surface area contributed by atoms with Gasteiger partial charge in [0.25, 0.3) is 0 Å². The normalized spacial score (nSPS) is 11.0. The number of halogens is 1. The van der Waals surface area contributed by atoms with E-state index in [2.05, 4.69) is 10.2 Å². The summed E-state index contributed by atoms with van der Waals surface area (Å²) in [6.07, 6.45) is 0. The van der Waals surface area contributed by atoms with Gasteiger partial charge in [0.05, 0.1) is 22.8 Å². The molecule has 0 aliphatic rings. The highest BCUT2D eigenvalue weighted by atomic mass is 35.5. The largest absolute Gasteiger partial charge is 0.435 e. The predicted octanol–water partition coefficient (Wildman–Crippen LogP) is 2.61. The number of alkyl halides is 1. The first-order chi connectivity index (χ1) is 8.45. The van der Waals surface area contributed by atoms with Crippen LogP contribution in [0.4, 0.5) is 0 Å². The monoisotopic (exact) mass is 268 g/mol. The third kappa shape index (κ3) is 1.99. The minimum absolute atomic E-state index is 0.382. The molecule has 0 aromatic carbocycles. The summed E-state index contributed by atoms with van der Waals surface area (Å²) >= 11 is 5.95. The molecule has 0 aliphatic heterocycles. The van der Waals surface area contributed by atoms with Crippen LogP contribution < -0.4 is 4.74 Å². The molecule has 0 fully saturated rings. The highest BCUT2D eigenvalue weighted by Crippen LogP contribution is 2.32. The van der Waals surface area contributed by atoms with E-state index < -0.39 is 0 Å². The molecule has 2 aromatic heterocycles. The number of ether oxygens (including phenoxy) is 1. The summed E-state index contributed by atoms with van der Waals surface area (Å²) in [5.74, 6) is 1.83. The van der Waals surface area contributed by atoms with Crippen molar-refractivity contribution in [3.63, 3.8) is 0 Å². The van der Waals surface area contributed by atoms with Crippen LogP contribution in [0.25, 0.3) is 0 Å². The second kappa shape index (κ2) is 4.65. The van der Waals surface area contributed by atoms with Crippen molar-refractivity contribution in [2.24, 2.45) is 14.1 Å². The van der Waals surface area contributed by atoms with E-state index in [9.17, 15) is 0 Å². The first kappa shape index (κ1) is 13.0. The standard InChI is InChI=1S/C12H17ClN4O/c1-7-10(6-13)12(17(5)14-7)18-11-8(2)15-16(4)9(11)3/h6H2,1-5H3. The van der Waals surface area contributed by atoms with Crippen LogP contribution in [0.15, 0.2) is 0 Å². The number of nitrogens with zero attached hydrogens (tertiary/aromatic N) is 4. The molecule has 0 aliphatic carbocycles. The van der Waals surface area contributed by atoms with Gasteiger partial charge in [-0.05, 0) is 20.8 Å². The van der Waals surface area contributed by atoms with Crippen LogP contribution >= 0.6 is 11.6 Å². The van der Waals surface area contributed by atoms with E-state index in [1.54, 1.807) is 9.36 Å². The van der Waals surface area contributed by atoms with Gasteiger partial charge in [0.2, 0.25) is 5.88 Å². The predicted molar refractivity (Wildman–Crippen MR) is 70.3 cm³/mol. The molecule has 2 rings (SSSR count). The van der Waals surface area contributed by atoms with Gasteiger partial charge in [0, 0.05) is 14.1 Å². The van der Waals surface area contributed by atoms with Crippen LogP contribution in [0.1, 0.15) is 22.6 Å². The molecule has 0 bridgehead atoms. The Hall–Kier alpha value is -1.49. The molecule has 2 aromatic rings. The molecule has 5 nitrogen and oxygen atoms in total. The minimum atomic E-state index is 0.382. The molecule has 6 heteroatoms. The van der Waals surface area contributed by atoms with E-state index >= 15 is 0 Å². The Balaban J connectivity index is 2.46. The molecule has 98 valence electrons. The maximum atomic E-state index is 5.97. The van der Waals surface area contributed by atoms with Crippen molar-refractivity contribution in [1.82, 2.24) is 19.6 Å². The first-order valence-electron chi connectivity index (χ1n) is 5.72. The highest BCUT2D eigenvalue weighted by molar-refractivity contribution is 6.17. The fourth-order valence-corrected chi connectivity index (χ4v) is 2.27. The summed E-state index contributed by atoms with van der Waals surface area (Å²) in [6, 6.07) is 0. The van der Waals surface area contributed by atoms with Crippen molar-refractivity contribution in [1.29, 1.82) is 0 Å². The van der Waals surface area contributed by atoms with Gasteiger partial charge in [0.15, 0.2) is 5.75 Å². The molecule has 0 saturated heterocycles. The maximum Gasteiger partial charge on any atom is 0.222 e. The van der Waals surface area contributed by atoms with Gasteiger partial charge in [-0.25, -0.2) is 4.68 Å². The number of hydrogen-bond donors (Lipinski definition) is 0. The summed E-state index contributed by atoms with van der Waals surface area (Å²) in [6.45, 7) is 5.82. The van der Waals surface area contributed by atoms with Crippen molar-refractivity contribution in [2.45, 2.75) is 26.7 Å². The Bertz CT molecular complexity index is 585. The number of aryl methyl sites for hydroxylation is 4. The Morgan fingerprint density at radius 2 is 1.67 bits per heavy atom. The molecule has 0 amide bonds. The van der Waals surface area contributed by atoms with Crippen molar-refractivity contribution in [3.8, 4) is 11.6 Å². The number of hydrogen-bond acceptors (Lipinski definition) is 3. The minimum Gasteiger partial charge on any atom is -0.435 e. The molecule has 0 spiro atoms. The van der Waals surface area contributed by atoms with E-state index in [4.69, 9.17) is 16.3 Å². The van der Waals surface area contributed by atoms with E-state index in [0.29, 0.717) is 11.8 Å². The lowest BCUT2D eigenvalue weighted by Crippen LogP contribution is -1.98. The van der Waals surface area contributed by atoms with E-state index in [1.165, 1.54) is 0 Å². The van der Waals surface area contributed by atoms with Gasteiger partial charge in [0.1, 0.15) is 5.69 Å². The first-order valence-corrected chi connectivity index (χ1v) is 6.25. The molecule has 0 radical (unpaired) electrons. The van der Waals surface area contributed by atoms with Crippen LogP contribution in [0, 0.1) is 20.8 Å². The van der Waals surface area contributed by atoms with Crippen LogP contribution in [0.5, 0.6) is 11.6 Å². The van der Waals surface area contributed by atoms with Gasteiger partial charge >= 0.3 is 0 Å². The average Bonchev–Trinajstić information content (AvgIpc) is 2.70. The van der Waals surface area contributed by atoms with Gasteiger partial charge in [-0.15, -0.1) is 11.6 Å². The Morgan fingerprint density at radius 3 is 2.17 bits per heavy atom. The summed E-state index contributed by atoms with van der Waals surface area (Å²) in [5, 5.41) is 8.65. The fourth-order valence-electron chi connectivity index (χ4n) is 1.96. The second-order valence-corrected chi connectivity index (χ2v) is 4.62. The lowest BCUT2D eigenvalue weighted by atomic mass is 10.3. The summed E-state index contributed by atoms with van der Waals surface area (Å²) in [5.41, 5.74) is 3.64. The average molecular weight is 269 g/mol. The van der Waals surface area contributed by atoms with Gasteiger partial charge in [-0.3, -0.25) is 4.68 Å². The summed E-state index contributed by atoms with van der Waals surface area (Å²) in [4.78, 5) is 0. The zero-order valence-electron chi connectivity index (χ0n) is 11.3. The van der Waals surface area contributed by atoms with E-state index in [0.717, 1.165) is 28.4 Å². The SMILES string of the molecule is Cc1nn(C)c(Oc2c(C)nn(C)c2C)c1CCl. The summed E-state index contributed by atoms with van der Waals surface area (Å²) < 4.78 is 9.47. The fraction of sp³-hybridized carbons (Fsp3) is 0.500. The Morgan fingerprint density at radius 1 is 1.06 bits per heavy atom. The number of aromatic nitrogens is 4. The maximum absolute atomic E-state index is 5.97. The van der Waals surface area contributed by atoms with E-state index in [-0.39, 0.29) is 0 Å². The molecular weight excluding hydrogens is 252 g/mol. The number of rotatable bonds is 3. The van der Waals surface area contributed by atoms with Crippen LogP contribution in [0.3, 0.4) is 0 Å². The zero-order chi connectivity index (χ0) is 13.4. The molecule has 0 saturated carbocycles. The molecule has 2 heterocycles. The third-order valence-electron chi connectivity index (χ3n) is 3.06. The Labute approximate surface area is 111 Å². The lowest BCUT2D eigenvalue weighted by Gasteiger charge is -2.07. The van der Waals surface area contributed by atoms with Gasteiger partial charge in [-0.2, -0.15) is 10.2 Å². The molecule has 0 N–H and O–H groups in total. The summed E-state index contributed by atoms with van der Waals surface area (Å²) in [7, 11) is 3.74. The van der Waals surface area contributed by atoms with Crippen molar-refractivity contribution < 1.29 is 4.74 Å². The van der Waals surface area contributed by atoms with Crippen LogP contribution in [0.2, 0.25) is 0 Å². The molecule has 18 heavy (non-hydrogen) atoms. The van der Waals surface area contributed by atoms with Crippen molar-refractivity contribution >= 4 is 11.6 Å². The molecule has 0 unspecified atom stereocenters. The van der Waals surface area contributed by atoms with Crippen molar-refractivity contribution in [2.75, 3.05) is 0 Å². The van der Waals surface area contributed by atoms with Crippen LogP contribution in [-0.2, 0) is 20.0 Å². The van der Waals surface area contributed by atoms with Gasteiger partial charge < -0.3 is 4.74 Å². The molecular formula is C12H17ClN4O. The lowest BCUT2D eigenvalue weighted by molar-refractivity contribution is 0.421. The highest BCUT2D eigenvalue weighted by Gasteiger charge is 2.18. The topological polar surface area (TPSA) is 44.9 Å². The smallest absolute Gasteiger partial charge is 0.222 e. The molecule has 0 atom stereocenters. The van der Waals surface area contributed by atoms with Crippen LogP contribution in [-0.4, -0.2) is 19.6 Å². The van der Waals surface area contributed by atoms with Crippen molar-refractivity contribution in [3.05, 3.63) is 22.6 Å². The van der Waals surface area contributed by atoms with E-state index in [1.807, 2.05) is 34.9 Å². The Kier molecular flexibility index (Phi) is 3.34. The second-order valence-electron chi connectivity index (χ2n) is 4.35.